The Morgan fingerprint density at radius 3 is 2.46 bits per heavy atom. The number of benzene rings is 2. The van der Waals surface area contributed by atoms with Crippen LogP contribution in [-0.2, 0) is 13.6 Å². The topological polar surface area (TPSA) is 66.9 Å². The summed E-state index contributed by atoms with van der Waals surface area (Å²) in [5.41, 5.74) is 6.51. The lowest BCUT2D eigenvalue weighted by Gasteiger charge is -2.12. The van der Waals surface area contributed by atoms with Gasteiger partial charge in [-0.05, 0) is 55.7 Å². The average Bonchev–Trinajstić information content (AvgIpc) is 2.80. The Balaban J connectivity index is 1.82. The average molecular weight is 323 g/mol. The second-order valence-corrected chi connectivity index (χ2v) is 6.28. The van der Waals surface area contributed by atoms with Crippen LogP contribution in [0.15, 0.2) is 35.1 Å². The zero-order valence-corrected chi connectivity index (χ0v) is 14.4. The van der Waals surface area contributed by atoms with Crippen molar-refractivity contribution in [2.45, 2.75) is 27.3 Å². The molecule has 24 heavy (non-hydrogen) atoms. The maximum absolute atomic E-state index is 12.4. The van der Waals surface area contributed by atoms with Gasteiger partial charge in [0.1, 0.15) is 0 Å². The highest BCUT2D eigenvalue weighted by molar-refractivity contribution is 5.97. The first-order chi connectivity index (χ1) is 11.4. The van der Waals surface area contributed by atoms with Crippen molar-refractivity contribution in [3.05, 3.63) is 68.6 Å². The van der Waals surface area contributed by atoms with Crippen molar-refractivity contribution in [2.24, 2.45) is 7.05 Å². The van der Waals surface area contributed by atoms with Crippen molar-refractivity contribution in [1.82, 2.24) is 14.9 Å². The molecule has 3 rings (SSSR count). The molecule has 5 heteroatoms. The van der Waals surface area contributed by atoms with Crippen LogP contribution in [0.2, 0.25) is 0 Å². The van der Waals surface area contributed by atoms with Gasteiger partial charge >= 0.3 is 5.69 Å². The fourth-order valence-corrected chi connectivity index (χ4v) is 3.14. The van der Waals surface area contributed by atoms with Gasteiger partial charge in [0.15, 0.2) is 0 Å². The van der Waals surface area contributed by atoms with Crippen molar-refractivity contribution in [3.8, 4) is 0 Å². The zero-order chi connectivity index (χ0) is 17.4. The second kappa shape index (κ2) is 6.00. The Hall–Kier alpha value is -2.82. The molecule has 1 heterocycles. The molecule has 0 aliphatic heterocycles. The number of hydrogen-bond acceptors (Lipinski definition) is 2. The Morgan fingerprint density at radius 1 is 1.12 bits per heavy atom. The number of nitrogens with zero attached hydrogens (tertiary/aromatic N) is 1. The first-order valence-electron chi connectivity index (χ1n) is 7.90. The molecule has 0 unspecified atom stereocenters. The molecule has 3 aromatic rings. The maximum atomic E-state index is 12.4. The number of carbonyl (C=O) groups excluding carboxylic acids is 1. The fourth-order valence-electron chi connectivity index (χ4n) is 3.14. The first-order valence-corrected chi connectivity index (χ1v) is 7.90. The largest absolute Gasteiger partial charge is 0.348 e. The molecule has 0 radical (unpaired) electrons. The molecule has 124 valence electrons. The van der Waals surface area contributed by atoms with Crippen LogP contribution in [0, 0.1) is 20.8 Å². The Kier molecular flexibility index (Phi) is 4.01. The number of H-pyrrole nitrogens is 1. The molecule has 0 spiro atoms. The van der Waals surface area contributed by atoms with Crippen LogP contribution in [0.5, 0.6) is 0 Å². The van der Waals surface area contributed by atoms with Crippen molar-refractivity contribution < 1.29 is 4.79 Å². The summed E-state index contributed by atoms with van der Waals surface area (Å²) in [6.45, 7) is 6.67. The highest BCUT2D eigenvalue weighted by atomic mass is 16.2. The zero-order valence-electron chi connectivity index (χ0n) is 14.4. The lowest BCUT2D eigenvalue weighted by atomic mass is 10.00. The number of carbonyl (C=O) groups is 1. The normalized spacial score (nSPS) is 11.0. The van der Waals surface area contributed by atoms with Gasteiger partial charge < -0.3 is 10.3 Å². The Bertz CT molecular complexity index is 972. The second-order valence-electron chi connectivity index (χ2n) is 6.28. The minimum absolute atomic E-state index is 0.152. The highest BCUT2D eigenvalue weighted by Crippen LogP contribution is 2.17. The molecule has 0 fully saturated rings. The van der Waals surface area contributed by atoms with Crippen LogP contribution in [0.3, 0.4) is 0 Å². The summed E-state index contributed by atoms with van der Waals surface area (Å²) >= 11 is 0. The van der Waals surface area contributed by atoms with Crippen LogP contribution in [0.25, 0.3) is 11.0 Å². The van der Waals surface area contributed by atoms with Crippen molar-refractivity contribution >= 4 is 16.9 Å². The third-order valence-corrected chi connectivity index (χ3v) is 4.43. The lowest BCUT2D eigenvalue weighted by Crippen LogP contribution is -2.23. The standard InChI is InChI=1S/C19H21N3O2/c1-11-7-12(2)15(13(3)8-11)10-20-18(23)14-5-6-17-16(9-14)21-19(24)22(17)4/h5-9H,10H2,1-4H3,(H,20,23)(H,21,24). The molecule has 0 aliphatic carbocycles. The molecule has 0 saturated carbocycles. The summed E-state index contributed by atoms with van der Waals surface area (Å²) in [4.78, 5) is 26.8. The van der Waals surface area contributed by atoms with E-state index in [9.17, 15) is 9.59 Å². The first kappa shape index (κ1) is 16.1. The lowest BCUT2D eigenvalue weighted by molar-refractivity contribution is 0.0951. The SMILES string of the molecule is Cc1cc(C)c(CNC(=O)c2ccc3c(c2)[nH]c(=O)n3C)c(C)c1. The van der Waals surface area contributed by atoms with E-state index in [1.165, 1.54) is 21.3 Å². The van der Waals surface area contributed by atoms with Gasteiger partial charge in [0.2, 0.25) is 0 Å². The maximum Gasteiger partial charge on any atom is 0.326 e. The third-order valence-electron chi connectivity index (χ3n) is 4.43. The molecular weight excluding hydrogens is 302 g/mol. The number of imidazole rings is 1. The number of aromatic nitrogens is 2. The summed E-state index contributed by atoms with van der Waals surface area (Å²) in [7, 11) is 1.70. The highest BCUT2D eigenvalue weighted by Gasteiger charge is 2.11. The van der Waals surface area contributed by atoms with Gasteiger partial charge in [-0.15, -0.1) is 0 Å². The molecule has 1 aromatic heterocycles. The van der Waals surface area contributed by atoms with E-state index in [0.29, 0.717) is 17.6 Å². The minimum Gasteiger partial charge on any atom is -0.348 e. The van der Waals surface area contributed by atoms with E-state index in [0.717, 1.165) is 11.1 Å². The number of aryl methyl sites for hydroxylation is 4. The van der Waals surface area contributed by atoms with Gasteiger partial charge in [-0.1, -0.05) is 17.7 Å². The van der Waals surface area contributed by atoms with E-state index in [1.54, 1.807) is 25.2 Å². The number of fused-ring (bicyclic) bond motifs is 1. The number of amides is 1. The van der Waals surface area contributed by atoms with Gasteiger partial charge in [-0.25, -0.2) is 4.79 Å². The van der Waals surface area contributed by atoms with E-state index in [2.05, 4.69) is 43.2 Å². The van der Waals surface area contributed by atoms with Gasteiger partial charge in [0.05, 0.1) is 11.0 Å². The number of aromatic amines is 1. The smallest absolute Gasteiger partial charge is 0.326 e. The Labute approximate surface area is 140 Å². The molecule has 5 nitrogen and oxygen atoms in total. The summed E-state index contributed by atoms with van der Waals surface area (Å²) in [6.07, 6.45) is 0. The number of hydrogen-bond donors (Lipinski definition) is 2. The molecular formula is C19H21N3O2. The van der Waals surface area contributed by atoms with E-state index < -0.39 is 0 Å². The monoisotopic (exact) mass is 323 g/mol. The molecule has 0 atom stereocenters. The predicted octanol–water partition coefficient (Wildman–Crippen LogP) is 2.72. The van der Waals surface area contributed by atoms with Crippen molar-refractivity contribution in [2.75, 3.05) is 0 Å². The van der Waals surface area contributed by atoms with Gasteiger partial charge in [0, 0.05) is 19.2 Å². The van der Waals surface area contributed by atoms with Crippen molar-refractivity contribution in [3.63, 3.8) is 0 Å². The summed E-state index contributed by atoms with van der Waals surface area (Å²) in [6, 6.07) is 9.47. The quantitative estimate of drug-likeness (QED) is 0.778. The van der Waals surface area contributed by atoms with Gasteiger partial charge in [-0.2, -0.15) is 0 Å². The molecule has 1 amide bonds. The number of rotatable bonds is 3. The van der Waals surface area contributed by atoms with Crippen LogP contribution in [-0.4, -0.2) is 15.5 Å². The van der Waals surface area contributed by atoms with Crippen molar-refractivity contribution in [1.29, 1.82) is 0 Å². The summed E-state index contributed by atoms with van der Waals surface area (Å²) in [5.74, 6) is -0.152. The molecule has 2 aromatic carbocycles. The van der Waals surface area contributed by atoms with Crippen LogP contribution in [0.4, 0.5) is 0 Å². The summed E-state index contributed by atoms with van der Waals surface area (Å²) in [5, 5.41) is 2.96. The van der Waals surface area contributed by atoms with Gasteiger partial charge in [0.25, 0.3) is 5.91 Å². The fraction of sp³-hybridized carbons (Fsp3) is 0.263. The van der Waals surface area contributed by atoms with E-state index in [4.69, 9.17) is 0 Å². The van der Waals surface area contributed by atoms with E-state index in [-0.39, 0.29) is 11.6 Å². The van der Waals surface area contributed by atoms with Crippen LogP contribution in [0.1, 0.15) is 32.6 Å². The Morgan fingerprint density at radius 2 is 1.79 bits per heavy atom. The molecule has 2 N–H and O–H groups in total. The van der Waals surface area contributed by atoms with Gasteiger partial charge in [-0.3, -0.25) is 9.36 Å². The minimum atomic E-state index is -0.187. The third kappa shape index (κ3) is 2.85. The number of nitrogens with one attached hydrogen (secondary N) is 2. The molecule has 0 saturated heterocycles. The molecule has 0 bridgehead atoms. The van der Waals surface area contributed by atoms with Crippen LogP contribution >= 0.6 is 0 Å². The van der Waals surface area contributed by atoms with E-state index in [1.807, 2.05) is 0 Å². The summed E-state index contributed by atoms with van der Waals surface area (Å²) < 4.78 is 1.52. The molecule has 0 aliphatic rings. The van der Waals surface area contributed by atoms with E-state index >= 15 is 0 Å². The predicted molar refractivity (Wildman–Crippen MR) is 95.4 cm³/mol. The van der Waals surface area contributed by atoms with Crippen LogP contribution < -0.4 is 11.0 Å².